The number of unbranched alkanes of at least 4 members (excludes halogenated alkanes) is 1. The quantitative estimate of drug-likeness (QED) is 0.330. The zero-order chi connectivity index (χ0) is 22.5. The van der Waals surface area contributed by atoms with Crippen molar-refractivity contribution in [3.8, 4) is 0 Å². The second-order valence-corrected chi connectivity index (χ2v) is 9.46. The van der Waals surface area contributed by atoms with E-state index in [1.807, 2.05) is 23.4 Å². The monoisotopic (exact) mass is 456 g/mol. The molecule has 33 heavy (non-hydrogen) atoms. The molecule has 1 aliphatic heterocycles. The van der Waals surface area contributed by atoms with E-state index in [0.717, 1.165) is 42.0 Å². The van der Waals surface area contributed by atoms with Gasteiger partial charge in [-0.25, -0.2) is 15.0 Å². The van der Waals surface area contributed by atoms with Gasteiger partial charge in [0.1, 0.15) is 18.0 Å². The summed E-state index contributed by atoms with van der Waals surface area (Å²) in [6.07, 6.45) is 7.87. The average Bonchev–Trinajstić information content (AvgIpc) is 3.47. The van der Waals surface area contributed by atoms with E-state index in [0.29, 0.717) is 5.92 Å². The minimum atomic E-state index is 0.0338. The fourth-order valence-corrected chi connectivity index (χ4v) is 5.36. The number of hydrogen-bond donors (Lipinski definition) is 1. The summed E-state index contributed by atoms with van der Waals surface area (Å²) in [4.78, 5) is 18.0. The van der Waals surface area contributed by atoms with Crippen molar-refractivity contribution in [2.24, 2.45) is 12.0 Å². The van der Waals surface area contributed by atoms with Gasteiger partial charge in [-0.05, 0) is 30.4 Å². The summed E-state index contributed by atoms with van der Waals surface area (Å²) in [5, 5.41) is 4.67. The summed E-state index contributed by atoms with van der Waals surface area (Å²) in [6.45, 7) is 0. The zero-order valence-electron chi connectivity index (χ0n) is 18.8. The molecule has 2 aromatic heterocycles. The highest BCUT2D eigenvalue weighted by Crippen LogP contribution is 2.31. The number of fused-ring (bicyclic) bond motifs is 1. The van der Waals surface area contributed by atoms with Crippen molar-refractivity contribution in [2.45, 2.75) is 37.8 Å². The minimum Gasteiger partial charge on any atom is -0.346 e. The first kappa shape index (κ1) is 21.6. The molecule has 5 rings (SSSR count). The molecule has 4 aromatic rings. The van der Waals surface area contributed by atoms with E-state index in [1.54, 1.807) is 12.7 Å². The third-order valence-corrected chi connectivity index (χ3v) is 7.17. The molecule has 0 amide bonds. The van der Waals surface area contributed by atoms with Crippen LogP contribution in [0.25, 0.3) is 11.2 Å². The van der Waals surface area contributed by atoms with E-state index in [9.17, 15) is 0 Å². The van der Waals surface area contributed by atoms with E-state index in [1.165, 1.54) is 22.6 Å². The number of aliphatic imine (C=N–C) groups is 1. The van der Waals surface area contributed by atoms with Crippen molar-refractivity contribution < 1.29 is 0 Å². The molecule has 0 saturated carbocycles. The Balaban J connectivity index is 1.16. The number of aryl methyl sites for hydroxylation is 1. The lowest BCUT2D eigenvalue weighted by Crippen LogP contribution is -2.18. The van der Waals surface area contributed by atoms with Crippen LogP contribution in [0.5, 0.6) is 0 Å². The molecule has 1 N–H and O–H groups in total. The molecule has 1 atom stereocenters. The van der Waals surface area contributed by atoms with Crippen molar-refractivity contribution in [3.05, 3.63) is 84.4 Å². The van der Waals surface area contributed by atoms with Crippen LogP contribution in [0.15, 0.2) is 78.3 Å². The highest BCUT2D eigenvalue weighted by Gasteiger charge is 2.20. The Hall–Kier alpha value is -3.19. The van der Waals surface area contributed by atoms with Crippen LogP contribution in [0.4, 0.5) is 5.82 Å². The molecule has 0 fully saturated rings. The molecule has 3 heterocycles. The average molecular weight is 457 g/mol. The number of rotatable bonds is 9. The molecular weight excluding hydrogens is 428 g/mol. The Morgan fingerprint density at radius 2 is 1.70 bits per heavy atom. The lowest BCUT2D eigenvalue weighted by atomic mass is 9.87. The smallest absolute Gasteiger partial charge is 0.165 e. The minimum absolute atomic E-state index is 0.0338. The lowest BCUT2D eigenvalue weighted by Gasteiger charge is -2.18. The van der Waals surface area contributed by atoms with Gasteiger partial charge in [-0.3, -0.25) is 4.99 Å². The second kappa shape index (κ2) is 10.2. The molecule has 168 valence electrons. The first-order valence-corrected chi connectivity index (χ1v) is 12.4. The third-order valence-electron chi connectivity index (χ3n) is 6.05. The first-order chi connectivity index (χ1) is 16.3. The predicted octanol–water partition coefficient (Wildman–Crippen LogP) is 5.64. The van der Waals surface area contributed by atoms with Crippen LogP contribution in [0, 0.1) is 0 Å². The molecule has 1 unspecified atom stereocenters. The highest BCUT2D eigenvalue weighted by atomic mass is 32.2. The summed E-state index contributed by atoms with van der Waals surface area (Å²) in [6, 6.07) is 21.7. The number of anilines is 1. The molecule has 0 radical (unpaired) electrons. The van der Waals surface area contributed by atoms with Gasteiger partial charge in [0.05, 0.1) is 11.4 Å². The number of imidazole rings is 1. The van der Waals surface area contributed by atoms with Gasteiger partial charge >= 0.3 is 0 Å². The van der Waals surface area contributed by atoms with Crippen LogP contribution in [-0.2, 0) is 7.05 Å². The maximum atomic E-state index is 4.90. The molecule has 2 aromatic carbocycles. The fraction of sp³-hybridized carbons (Fsp3) is 0.308. The van der Waals surface area contributed by atoms with Gasteiger partial charge in [0.15, 0.2) is 11.5 Å². The van der Waals surface area contributed by atoms with Crippen molar-refractivity contribution in [2.75, 3.05) is 11.1 Å². The van der Waals surface area contributed by atoms with E-state index in [2.05, 4.69) is 80.9 Å². The number of benzene rings is 2. The van der Waals surface area contributed by atoms with Gasteiger partial charge in [0.25, 0.3) is 0 Å². The van der Waals surface area contributed by atoms with Gasteiger partial charge in [0, 0.05) is 18.7 Å². The van der Waals surface area contributed by atoms with Crippen molar-refractivity contribution in [1.82, 2.24) is 19.5 Å². The molecule has 0 aliphatic carbocycles. The van der Waals surface area contributed by atoms with Gasteiger partial charge in [0.2, 0.25) is 0 Å². The standard InChI is InChI=1S/C26H28N6S/c1-32-18-29-24-25(27-17-28-26(24)32)31-22-16-33-23(30-22)15-9-8-14-21(19-10-4-2-5-11-19)20-12-6-3-7-13-20/h2-7,10-13,17-18,21-22H,8-9,14-16H2,1H3,(H,27,28,31). The third kappa shape index (κ3) is 5.09. The zero-order valence-corrected chi connectivity index (χ0v) is 19.6. The SMILES string of the molecule is Cn1cnc2c(NC3CSC(CCCCC(c4ccccc4)c4ccccc4)=N3)ncnc21. The highest BCUT2D eigenvalue weighted by molar-refractivity contribution is 8.14. The van der Waals surface area contributed by atoms with E-state index in [-0.39, 0.29) is 6.17 Å². The van der Waals surface area contributed by atoms with E-state index in [4.69, 9.17) is 4.99 Å². The van der Waals surface area contributed by atoms with Crippen LogP contribution in [0.1, 0.15) is 42.7 Å². The first-order valence-electron chi connectivity index (χ1n) is 11.5. The van der Waals surface area contributed by atoms with E-state index >= 15 is 0 Å². The Bertz CT molecular complexity index is 1180. The Labute approximate surface area is 198 Å². The van der Waals surface area contributed by atoms with Crippen LogP contribution in [-0.4, -0.2) is 36.5 Å². The predicted molar refractivity (Wildman–Crippen MR) is 137 cm³/mol. The molecule has 1 aliphatic rings. The number of aromatic nitrogens is 4. The lowest BCUT2D eigenvalue weighted by molar-refractivity contribution is 0.638. The number of hydrogen-bond acceptors (Lipinski definition) is 6. The summed E-state index contributed by atoms with van der Waals surface area (Å²) in [5.41, 5.74) is 4.41. The molecular formula is C26H28N6S. The number of nitrogens with zero attached hydrogens (tertiary/aromatic N) is 5. The molecule has 0 spiro atoms. The van der Waals surface area contributed by atoms with Crippen molar-refractivity contribution in [3.63, 3.8) is 0 Å². The maximum absolute atomic E-state index is 4.90. The summed E-state index contributed by atoms with van der Waals surface area (Å²) < 4.78 is 1.90. The number of thioether (sulfide) groups is 1. The Morgan fingerprint density at radius 1 is 0.970 bits per heavy atom. The molecule has 0 saturated heterocycles. The van der Waals surface area contributed by atoms with Crippen molar-refractivity contribution >= 4 is 33.8 Å². The summed E-state index contributed by atoms with van der Waals surface area (Å²) >= 11 is 1.85. The summed E-state index contributed by atoms with van der Waals surface area (Å²) in [7, 11) is 1.94. The van der Waals surface area contributed by atoms with Gasteiger partial charge in [-0.15, -0.1) is 11.8 Å². The topological polar surface area (TPSA) is 68.0 Å². The van der Waals surface area contributed by atoms with Gasteiger partial charge in [-0.1, -0.05) is 67.1 Å². The van der Waals surface area contributed by atoms with Crippen LogP contribution < -0.4 is 5.32 Å². The largest absolute Gasteiger partial charge is 0.346 e. The molecule has 7 heteroatoms. The normalized spacial score (nSPS) is 15.8. The maximum Gasteiger partial charge on any atom is 0.165 e. The summed E-state index contributed by atoms with van der Waals surface area (Å²) in [5.74, 6) is 2.12. The molecule has 6 nitrogen and oxygen atoms in total. The van der Waals surface area contributed by atoms with Gasteiger partial charge in [-0.2, -0.15) is 0 Å². The van der Waals surface area contributed by atoms with Crippen LogP contribution in [0.3, 0.4) is 0 Å². The van der Waals surface area contributed by atoms with Crippen LogP contribution >= 0.6 is 11.8 Å². The van der Waals surface area contributed by atoms with Crippen LogP contribution in [0.2, 0.25) is 0 Å². The Morgan fingerprint density at radius 3 is 2.42 bits per heavy atom. The second-order valence-electron chi connectivity index (χ2n) is 8.36. The van der Waals surface area contributed by atoms with E-state index < -0.39 is 0 Å². The molecule has 0 bridgehead atoms. The number of nitrogens with one attached hydrogen (secondary N) is 1. The van der Waals surface area contributed by atoms with Crippen molar-refractivity contribution in [1.29, 1.82) is 0 Å². The van der Waals surface area contributed by atoms with Gasteiger partial charge < -0.3 is 9.88 Å². The fourth-order valence-electron chi connectivity index (χ4n) is 4.36. The Kier molecular flexibility index (Phi) is 6.67.